The van der Waals surface area contributed by atoms with Gasteiger partial charge >= 0.3 is 0 Å². The number of hydrogen-bond donors (Lipinski definition) is 1. The van der Waals surface area contributed by atoms with E-state index in [1.165, 1.54) is 54.1 Å². The van der Waals surface area contributed by atoms with E-state index in [2.05, 4.69) is 39.4 Å². The first-order valence-electron chi connectivity index (χ1n) is 7.89. The van der Waals surface area contributed by atoms with Gasteiger partial charge in [-0.25, -0.2) is 0 Å². The summed E-state index contributed by atoms with van der Waals surface area (Å²) in [4.78, 5) is 0. The molecule has 1 N–H and O–H groups in total. The molecule has 2 nitrogen and oxygen atoms in total. The molecule has 0 amide bonds. The third kappa shape index (κ3) is 4.31. The second-order valence-electron chi connectivity index (χ2n) is 6.22. The molecule has 20 heavy (non-hydrogen) atoms. The highest BCUT2D eigenvalue weighted by Crippen LogP contribution is 2.29. The van der Waals surface area contributed by atoms with Crippen molar-refractivity contribution >= 4 is 15.9 Å². The Bertz CT molecular complexity index is 441. The van der Waals surface area contributed by atoms with Crippen LogP contribution in [0.25, 0.3) is 0 Å². The van der Waals surface area contributed by atoms with Crippen LogP contribution in [0.5, 0.6) is 0 Å². The van der Waals surface area contributed by atoms with Gasteiger partial charge in [0.1, 0.15) is 0 Å². The van der Waals surface area contributed by atoms with Crippen LogP contribution in [0.15, 0.2) is 22.7 Å². The predicted octanol–water partition coefficient (Wildman–Crippen LogP) is 4.41. The molecule has 0 aromatic heterocycles. The molecule has 0 unspecified atom stereocenters. The van der Waals surface area contributed by atoms with Crippen LogP contribution in [0.3, 0.4) is 0 Å². The summed E-state index contributed by atoms with van der Waals surface area (Å²) in [6.45, 7) is 2.61. The summed E-state index contributed by atoms with van der Waals surface area (Å²) < 4.78 is 6.99. The fraction of sp³-hybridized carbons (Fsp3) is 0.647. The maximum Gasteiger partial charge on any atom is 0.0727 e. The van der Waals surface area contributed by atoms with Gasteiger partial charge in [-0.1, -0.05) is 47.3 Å². The SMILES string of the molecule is Brc1cc(CNC2CC2)ccc1COCCC1CCC1. The van der Waals surface area contributed by atoms with E-state index in [0.717, 1.165) is 31.7 Å². The van der Waals surface area contributed by atoms with Crippen LogP contribution in [-0.2, 0) is 17.9 Å². The Morgan fingerprint density at radius 2 is 2.05 bits per heavy atom. The summed E-state index contributed by atoms with van der Waals surface area (Å²) in [5.74, 6) is 0.939. The Balaban J connectivity index is 1.40. The zero-order chi connectivity index (χ0) is 13.8. The van der Waals surface area contributed by atoms with Gasteiger partial charge in [-0.05, 0) is 42.4 Å². The molecule has 2 saturated carbocycles. The largest absolute Gasteiger partial charge is 0.377 e. The molecule has 0 saturated heterocycles. The molecule has 0 bridgehead atoms. The maximum absolute atomic E-state index is 5.81. The lowest BCUT2D eigenvalue weighted by Gasteiger charge is -2.24. The van der Waals surface area contributed by atoms with Crippen LogP contribution in [0.4, 0.5) is 0 Å². The van der Waals surface area contributed by atoms with Gasteiger partial charge < -0.3 is 10.1 Å². The fourth-order valence-corrected chi connectivity index (χ4v) is 3.12. The lowest BCUT2D eigenvalue weighted by molar-refractivity contribution is 0.0946. The molecular formula is C17H24BrNO. The number of ether oxygens (including phenoxy) is 1. The van der Waals surface area contributed by atoms with Gasteiger partial charge in [-0.15, -0.1) is 0 Å². The van der Waals surface area contributed by atoms with Crippen LogP contribution in [0, 0.1) is 5.92 Å². The van der Waals surface area contributed by atoms with Crippen LogP contribution in [0.1, 0.15) is 49.7 Å². The van der Waals surface area contributed by atoms with Crippen LogP contribution >= 0.6 is 15.9 Å². The Hall–Kier alpha value is -0.380. The fourth-order valence-electron chi connectivity index (χ4n) is 2.58. The minimum atomic E-state index is 0.726. The molecule has 110 valence electrons. The summed E-state index contributed by atoms with van der Waals surface area (Å²) in [7, 11) is 0. The molecule has 3 heteroatoms. The van der Waals surface area contributed by atoms with Crippen LogP contribution < -0.4 is 5.32 Å². The molecule has 1 aromatic rings. The smallest absolute Gasteiger partial charge is 0.0727 e. The quantitative estimate of drug-likeness (QED) is 0.709. The van der Waals surface area contributed by atoms with Crippen LogP contribution in [0.2, 0.25) is 0 Å². The summed E-state index contributed by atoms with van der Waals surface area (Å²) >= 11 is 3.67. The predicted molar refractivity (Wildman–Crippen MR) is 85.6 cm³/mol. The van der Waals surface area contributed by atoms with Gasteiger partial charge in [0.2, 0.25) is 0 Å². The van der Waals surface area contributed by atoms with E-state index < -0.39 is 0 Å². The monoisotopic (exact) mass is 337 g/mol. The van der Waals surface area contributed by atoms with Gasteiger partial charge in [0.15, 0.2) is 0 Å². The summed E-state index contributed by atoms with van der Waals surface area (Å²) in [6.07, 6.45) is 8.17. The van der Waals surface area contributed by atoms with Crippen LogP contribution in [-0.4, -0.2) is 12.6 Å². The Kier molecular flexibility index (Phi) is 5.14. The van der Waals surface area contributed by atoms with Gasteiger partial charge in [-0.3, -0.25) is 0 Å². The summed E-state index contributed by atoms with van der Waals surface area (Å²) in [5.41, 5.74) is 2.61. The van der Waals surface area contributed by atoms with E-state index in [-0.39, 0.29) is 0 Å². The maximum atomic E-state index is 5.81. The summed E-state index contributed by atoms with van der Waals surface area (Å²) in [5, 5.41) is 3.55. The molecular weight excluding hydrogens is 314 g/mol. The molecule has 0 radical (unpaired) electrons. The molecule has 3 rings (SSSR count). The Labute approximate surface area is 130 Å². The first kappa shape index (κ1) is 14.6. The lowest BCUT2D eigenvalue weighted by atomic mass is 9.83. The molecule has 2 aliphatic rings. The average molecular weight is 338 g/mol. The van der Waals surface area contributed by atoms with Crippen molar-refractivity contribution in [1.82, 2.24) is 5.32 Å². The van der Waals surface area contributed by atoms with Crippen molar-refractivity contribution < 1.29 is 4.74 Å². The van der Waals surface area contributed by atoms with E-state index in [1.807, 2.05) is 0 Å². The second-order valence-corrected chi connectivity index (χ2v) is 7.07. The standard InChI is InChI=1S/C17H24BrNO/c18-17-10-14(11-19-16-6-7-16)4-5-15(17)12-20-9-8-13-2-1-3-13/h4-5,10,13,16,19H,1-3,6-9,11-12H2. The molecule has 0 aliphatic heterocycles. The zero-order valence-electron chi connectivity index (χ0n) is 12.0. The van der Waals surface area contributed by atoms with Crippen molar-refractivity contribution in [2.45, 2.75) is 57.7 Å². The highest BCUT2D eigenvalue weighted by molar-refractivity contribution is 9.10. The first-order chi connectivity index (χ1) is 9.81. The topological polar surface area (TPSA) is 21.3 Å². The van der Waals surface area contributed by atoms with E-state index in [4.69, 9.17) is 4.74 Å². The highest BCUT2D eigenvalue weighted by Gasteiger charge is 2.20. The van der Waals surface area contributed by atoms with Crippen molar-refractivity contribution in [3.8, 4) is 0 Å². The van der Waals surface area contributed by atoms with Crippen molar-refractivity contribution in [1.29, 1.82) is 0 Å². The third-order valence-electron chi connectivity index (χ3n) is 4.44. The van der Waals surface area contributed by atoms with E-state index in [1.54, 1.807) is 0 Å². The van der Waals surface area contributed by atoms with Gasteiger partial charge in [0, 0.05) is 23.7 Å². The molecule has 2 fully saturated rings. The number of benzene rings is 1. The minimum Gasteiger partial charge on any atom is -0.377 e. The first-order valence-corrected chi connectivity index (χ1v) is 8.69. The van der Waals surface area contributed by atoms with Gasteiger partial charge in [0.05, 0.1) is 6.61 Å². The van der Waals surface area contributed by atoms with E-state index in [9.17, 15) is 0 Å². The van der Waals surface area contributed by atoms with Crippen molar-refractivity contribution in [2.75, 3.05) is 6.61 Å². The van der Waals surface area contributed by atoms with Gasteiger partial charge in [0.25, 0.3) is 0 Å². The number of nitrogens with one attached hydrogen (secondary N) is 1. The number of rotatable bonds is 8. The van der Waals surface area contributed by atoms with Crippen molar-refractivity contribution in [3.05, 3.63) is 33.8 Å². The minimum absolute atomic E-state index is 0.726. The van der Waals surface area contributed by atoms with Gasteiger partial charge in [-0.2, -0.15) is 0 Å². The molecule has 0 spiro atoms. The average Bonchev–Trinajstić information content (AvgIpc) is 3.20. The molecule has 0 atom stereocenters. The van der Waals surface area contributed by atoms with Crippen molar-refractivity contribution in [2.24, 2.45) is 5.92 Å². The molecule has 0 heterocycles. The third-order valence-corrected chi connectivity index (χ3v) is 5.18. The van der Waals surface area contributed by atoms with Crippen molar-refractivity contribution in [3.63, 3.8) is 0 Å². The Morgan fingerprint density at radius 1 is 1.20 bits per heavy atom. The van der Waals surface area contributed by atoms with E-state index in [0.29, 0.717) is 0 Å². The second kappa shape index (κ2) is 7.06. The summed E-state index contributed by atoms with van der Waals surface area (Å²) in [6, 6.07) is 7.39. The zero-order valence-corrected chi connectivity index (χ0v) is 13.6. The number of halogens is 1. The number of hydrogen-bond acceptors (Lipinski definition) is 2. The lowest BCUT2D eigenvalue weighted by Crippen LogP contribution is -2.15. The highest BCUT2D eigenvalue weighted by atomic mass is 79.9. The normalized spacial score (nSPS) is 19.1. The van der Waals surface area contributed by atoms with E-state index >= 15 is 0 Å². The molecule has 1 aromatic carbocycles. The molecule has 2 aliphatic carbocycles. The Morgan fingerprint density at radius 3 is 2.70 bits per heavy atom.